The van der Waals surface area contributed by atoms with Crippen molar-refractivity contribution in [2.75, 3.05) is 20.2 Å². The molecule has 0 spiro atoms. The Labute approximate surface area is 237 Å². The van der Waals surface area contributed by atoms with Crippen LogP contribution in [0.15, 0.2) is 54.6 Å². The molecule has 2 rings (SSSR count). The number of carbonyl (C=O) groups excluding carboxylic acids is 4. The van der Waals surface area contributed by atoms with Crippen LogP contribution in [0.5, 0.6) is 0 Å². The number of carbonyl (C=O) groups is 4. The van der Waals surface area contributed by atoms with E-state index in [0.29, 0.717) is 12.0 Å². The number of amides is 3. The van der Waals surface area contributed by atoms with E-state index in [1.165, 1.54) is 12.0 Å². The molecule has 0 saturated carbocycles. The van der Waals surface area contributed by atoms with Crippen molar-refractivity contribution in [2.45, 2.75) is 78.0 Å². The topological polar surface area (TPSA) is 114 Å². The summed E-state index contributed by atoms with van der Waals surface area (Å²) in [7, 11) is 1.24. The number of nitrogens with zero attached hydrogens (tertiary/aromatic N) is 1. The Kier molecular flexibility index (Phi) is 12.6. The quantitative estimate of drug-likeness (QED) is 0.279. The average Bonchev–Trinajstić information content (AvgIpc) is 2.90. The fourth-order valence-electron chi connectivity index (χ4n) is 4.24. The maximum Gasteiger partial charge on any atom is 0.408 e. The largest absolute Gasteiger partial charge is 0.468 e. The number of aryl methyl sites for hydroxylation is 1. The highest BCUT2D eigenvalue weighted by Crippen LogP contribution is 2.25. The third-order valence-corrected chi connectivity index (χ3v) is 6.11. The van der Waals surface area contributed by atoms with Gasteiger partial charge in [0.1, 0.15) is 24.2 Å². The van der Waals surface area contributed by atoms with Crippen LogP contribution in [0.25, 0.3) is 0 Å². The molecule has 0 aliphatic rings. The second-order valence-electron chi connectivity index (χ2n) is 10.7. The zero-order chi connectivity index (χ0) is 29.7. The highest BCUT2D eigenvalue weighted by molar-refractivity contribution is 5.93. The molecule has 0 saturated heterocycles. The molecule has 0 bridgehead atoms. The molecule has 218 valence electrons. The second-order valence-corrected chi connectivity index (χ2v) is 10.7. The van der Waals surface area contributed by atoms with Gasteiger partial charge in [-0.1, -0.05) is 79.9 Å². The Balaban J connectivity index is 2.54. The molecule has 2 unspecified atom stereocenters. The number of esters is 1. The molecule has 2 N–H and O–H groups in total. The average molecular weight is 554 g/mol. The van der Waals surface area contributed by atoms with Crippen molar-refractivity contribution >= 4 is 23.9 Å². The van der Waals surface area contributed by atoms with E-state index < -0.39 is 41.6 Å². The summed E-state index contributed by atoms with van der Waals surface area (Å²) < 4.78 is 10.2. The molecule has 9 nitrogen and oxygen atoms in total. The van der Waals surface area contributed by atoms with Crippen LogP contribution < -0.4 is 10.6 Å². The number of alkyl carbamates (subject to hydrolysis) is 1. The monoisotopic (exact) mass is 553 g/mol. The fraction of sp³-hybridized carbons (Fsp3) is 0.484. The number of benzene rings is 2. The van der Waals surface area contributed by atoms with Crippen molar-refractivity contribution in [3.05, 3.63) is 71.3 Å². The van der Waals surface area contributed by atoms with E-state index in [1.807, 2.05) is 55.5 Å². The molecule has 0 aliphatic carbocycles. The summed E-state index contributed by atoms with van der Waals surface area (Å²) in [5.41, 5.74) is 1.59. The minimum absolute atomic E-state index is 0.202. The molecule has 2 aromatic carbocycles. The van der Waals surface area contributed by atoms with Crippen molar-refractivity contribution in [2.24, 2.45) is 0 Å². The molecule has 2 aromatic rings. The van der Waals surface area contributed by atoms with E-state index in [4.69, 9.17) is 4.74 Å². The van der Waals surface area contributed by atoms with Crippen LogP contribution in [-0.2, 0) is 30.3 Å². The molecule has 40 heavy (non-hydrogen) atoms. The van der Waals surface area contributed by atoms with Crippen LogP contribution in [0.3, 0.4) is 0 Å². The van der Waals surface area contributed by atoms with Gasteiger partial charge in [0.25, 0.3) is 0 Å². The van der Waals surface area contributed by atoms with Crippen LogP contribution in [0.4, 0.5) is 4.79 Å². The third kappa shape index (κ3) is 10.7. The molecule has 0 radical (unpaired) electrons. The van der Waals surface area contributed by atoms with Gasteiger partial charge in [-0.15, -0.1) is 0 Å². The minimum atomic E-state index is -1.03. The maximum absolute atomic E-state index is 14.3. The first-order valence-corrected chi connectivity index (χ1v) is 13.7. The summed E-state index contributed by atoms with van der Waals surface area (Å²) in [5, 5.41) is 5.37. The van der Waals surface area contributed by atoms with E-state index in [2.05, 4.69) is 22.3 Å². The van der Waals surface area contributed by atoms with Crippen molar-refractivity contribution in [3.8, 4) is 0 Å². The van der Waals surface area contributed by atoms with Crippen LogP contribution in [0, 0.1) is 6.92 Å². The van der Waals surface area contributed by atoms with Gasteiger partial charge in [0.2, 0.25) is 11.8 Å². The lowest BCUT2D eigenvalue weighted by Gasteiger charge is -2.34. The maximum atomic E-state index is 14.3. The molecule has 9 heteroatoms. The van der Waals surface area contributed by atoms with Crippen molar-refractivity contribution in [1.29, 1.82) is 0 Å². The van der Waals surface area contributed by atoms with Gasteiger partial charge in [-0.3, -0.25) is 14.4 Å². The van der Waals surface area contributed by atoms with Gasteiger partial charge in [-0.25, -0.2) is 4.79 Å². The molecule has 2 atom stereocenters. The zero-order valence-corrected chi connectivity index (χ0v) is 24.5. The Morgan fingerprint density at radius 2 is 1.68 bits per heavy atom. The van der Waals surface area contributed by atoms with Gasteiger partial charge in [0.05, 0.1) is 7.11 Å². The highest BCUT2D eigenvalue weighted by Gasteiger charge is 2.36. The predicted molar refractivity (Wildman–Crippen MR) is 153 cm³/mol. The standard InChI is InChI=1S/C31H43N3O6/c1-7-8-12-18-34(27(24-17-13-14-22(2)19-24)28(36)32-21-26(35)39-6)29(37)25(20-23-15-10-9-11-16-23)33-30(38)40-31(3,4)5/h9-11,13-17,19,25,27H,7-8,12,18,20-21H2,1-6H3,(H,32,36)(H,33,38). The lowest BCUT2D eigenvalue weighted by molar-refractivity contribution is -0.144. The minimum Gasteiger partial charge on any atom is -0.468 e. The number of methoxy groups -OCH3 is 1. The van der Waals surface area contributed by atoms with Crippen molar-refractivity contribution in [3.63, 3.8) is 0 Å². The number of rotatable bonds is 13. The first-order chi connectivity index (χ1) is 18.9. The number of hydrogen-bond acceptors (Lipinski definition) is 6. The summed E-state index contributed by atoms with van der Waals surface area (Å²) in [6, 6.07) is 14.7. The fourth-order valence-corrected chi connectivity index (χ4v) is 4.24. The summed E-state index contributed by atoms with van der Waals surface area (Å²) in [4.78, 5) is 54.1. The summed E-state index contributed by atoms with van der Waals surface area (Å²) in [6.45, 7) is 9.13. The molecule has 3 amide bonds. The van der Waals surface area contributed by atoms with Crippen LogP contribution in [0.1, 0.15) is 69.7 Å². The number of nitrogens with one attached hydrogen (secondary N) is 2. The van der Waals surface area contributed by atoms with Crippen LogP contribution in [-0.4, -0.2) is 60.6 Å². The number of hydrogen-bond donors (Lipinski definition) is 2. The van der Waals surface area contributed by atoms with E-state index in [1.54, 1.807) is 26.8 Å². The van der Waals surface area contributed by atoms with Gasteiger partial charge < -0.3 is 25.0 Å². The summed E-state index contributed by atoms with van der Waals surface area (Å²) in [5.74, 6) is -1.55. The Bertz CT molecular complexity index is 1130. The van der Waals surface area contributed by atoms with Crippen molar-refractivity contribution < 1.29 is 28.7 Å². The van der Waals surface area contributed by atoms with E-state index in [0.717, 1.165) is 24.0 Å². The van der Waals surface area contributed by atoms with E-state index in [9.17, 15) is 19.2 Å². The van der Waals surface area contributed by atoms with Gasteiger partial charge in [0.15, 0.2) is 0 Å². The third-order valence-electron chi connectivity index (χ3n) is 6.11. The van der Waals surface area contributed by atoms with Gasteiger partial charge in [-0.05, 0) is 45.2 Å². The van der Waals surface area contributed by atoms with Gasteiger partial charge in [0, 0.05) is 13.0 Å². The lowest BCUT2D eigenvalue weighted by Crippen LogP contribution is -2.54. The molecule has 0 aromatic heterocycles. The molecular weight excluding hydrogens is 510 g/mol. The smallest absolute Gasteiger partial charge is 0.408 e. The van der Waals surface area contributed by atoms with E-state index >= 15 is 0 Å². The first-order valence-electron chi connectivity index (χ1n) is 13.7. The van der Waals surface area contributed by atoms with Crippen molar-refractivity contribution in [1.82, 2.24) is 15.5 Å². The molecule has 0 heterocycles. The SMILES string of the molecule is CCCCCN(C(=O)C(Cc1ccccc1)NC(=O)OC(C)(C)C)C(C(=O)NCC(=O)OC)c1cccc(C)c1. The number of unbranched alkanes of at least 4 members (excludes halogenated alkanes) is 2. The van der Waals surface area contributed by atoms with Gasteiger partial charge >= 0.3 is 12.1 Å². The number of ether oxygens (including phenoxy) is 2. The molecule has 0 fully saturated rings. The Hall–Kier alpha value is -3.88. The molecular formula is C31H43N3O6. The van der Waals surface area contributed by atoms with E-state index in [-0.39, 0.29) is 19.5 Å². The zero-order valence-electron chi connectivity index (χ0n) is 24.5. The highest BCUT2D eigenvalue weighted by atomic mass is 16.6. The van der Waals surface area contributed by atoms with Crippen LogP contribution >= 0.6 is 0 Å². The summed E-state index contributed by atoms with van der Waals surface area (Å²) in [6.07, 6.45) is 1.89. The van der Waals surface area contributed by atoms with Crippen LogP contribution in [0.2, 0.25) is 0 Å². The predicted octanol–water partition coefficient (Wildman–Crippen LogP) is 4.48. The lowest BCUT2D eigenvalue weighted by atomic mass is 9.98. The first kappa shape index (κ1) is 32.3. The van der Waals surface area contributed by atoms with Gasteiger partial charge in [-0.2, -0.15) is 0 Å². The Morgan fingerprint density at radius 1 is 0.975 bits per heavy atom. The summed E-state index contributed by atoms with van der Waals surface area (Å²) >= 11 is 0. The Morgan fingerprint density at radius 3 is 2.27 bits per heavy atom. The molecule has 0 aliphatic heterocycles. The second kappa shape index (κ2) is 15.6. The normalized spacial score (nSPS) is 12.6.